The van der Waals surface area contributed by atoms with Crippen molar-refractivity contribution in [2.75, 3.05) is 12.0 Å². The molecule has 26 heavy (non-hydrogen) atoms. The molecular weight excluding hydrogens is 330 g/mol. The molecule has 1 heterocycles. The van der Waals surface area contributed by atoms with Crippen LogP contribution >= 0.6 is 0 Å². The van der Waals surface area contributed by atoms with Crippen molar-refractivity contribution >= 4 is 17.7 Å². The van der Waals surface area contributed by atoms with Crippen molar-refractivity contribution in [2.45, 2.75) is 38.7 Å². The van der Waals surface area contributed by atoms with Gasteiger partial charge in [-0.25, -0.2) is 9.69 Å². The van der Waals surface area contributed by atoms with Crippen molar-refractivity contribution in [2.24, 2.45) is 0 Å². The third-order valence-corrected chi connectivity index (χ3v) is 4.25. The highest BCUT2D eigenvalue weighted by molar-refractivity contribution is 6.19. The van der Waals surface area contributed by atoms with Crippen molar-refractivity contribution in [3.63, 3.8) is 0 Å². The lowest BCUT2D eigenvalue weighted by Gasteiger charge is -2.24. The predicted molar refractivity (Wildman–Crippen MR) is 99.6 cm³/mol. The van der Waals surface area contributed by atoms with Gasteiger partial charge in [-0.05, 0) is 56.5 Å². The number of carbonyl (C=O) groups is 2. The summed E-state index contributed by atoms with van der Waals surface area (Å²) in [6.45, 7) is 5.35. The molecule has 0 N–H and O–H groups in total. The van der Waals surface area contributed by atoms with Gasteiger partial charge in [-0.1, -0.05) is 30.3 Å². The average molecular weight is 353 g/mol. The number of anilines is 1. The first-order chi connectivity index (χ1) is 12.3. The van der Waals surface area contributed by atoms with Crippen LogP contribution in [0.15, 0.2) is 48.5 Å². The van der Waals surface area contributed by atoms with Crippen LogP contribution in [0.25, 0.3) is 0 Å². The molecular formula is C21H23NO4. The SMILES string of the molecule is COc1ccc(CC2C(=O)N(C(=O)OC(C)(C)C)c3ccccc32)cc1. The van der Waals surface area contributed by atoms with Crippen molar-refractivity contribution in [1.29, 1.82) is 0 Å². The zero-order valence-corrected chi connectivity index (χ0v) is 15.5. The Morgan fingerprint density at radius 1 is 1.08 bits per heavy atom. The number of fused-ring (bicyclic) bond motifs is 1. The third kappa shape index (κ3) is 3.57. The largest absolute Gasteiger partial charge is 0.497 e. The maximum absolute atomic E-state index is 13.0. The fourth-order valence-electron chi connectivity index (χ4n) is 3.08. The molecule has 0 radical (unpaired) electrons. The molecule has 0 spiro atoms. The van der Waals surface area contributed by atoms with Crippen molar-refractivity contribution in [3.8, 4) is 5.75 Å². The molecule has 2 amide bonds. The molecule has 1 atom stereocenters. The normalized spacial score (nSPS) is 16.4. The summed E-state index contributed by atoms with van der Waals surface area (Å²) in [7, 11) is 1.62. The molecule has 0 saturated heterocycles. The van der Waals surface area contributed by atoms with Gasteiger partial charge in [-0.15, -0.1) is 0 Å². The fraction of sp³-hybridized carbons (Fsp3) is 0.333. The topological polar surface area (TPSA) is 55.8 Å². The Labute approximate surface area is 153 Å². The van der Waals surface area contributed by atoms with Gasteiger partial charge in [0.25, 0.3) is 0 Å². The van der Waals surface area contributed by atoms with Crippen LogP contribution in [-0.4, -0.2) is 24.7 Å². The second kappa shape index (κ2) is 6.83. The molecule has 1 unspecified atom stereocenters. The molecule has 1 aliphatic rings. The van der Waals surface area contributed by atoms with E-state index in [2.05, 4.69) is 0 Å². The van der Waals surface area contributed by atoms with E-state index in [1.54, 1.807) is 33.9 Å². The summed E-state index contributed by atoms with van der Waals surface area (Å²) in [5.74, 6) is 0.102. The first-order valence-electron chi connectivity index (χ1n) is 8.59. The van der Waals surface area contributed by atoms with Gasteiger partial charge in [0, 0.05) is 0 Å². The summed E-state index contributed by atoms with van der Waals surface area (Å²) in [6, 6.07) is 15.0. The monoisotopic (exact) mass is 353 g/mol. The Bertz CT molecular complexity index is 821. The van der Waals surface area contributed by atoms with Gasteiger partial charge in [0.15, 0.2) is 0 Å². The molecule has 0 aromatic heterocycles. The lowest BCUT2D eigenvalue weighted by atomic mass is 9.93. The highest BCUT2D eigenvalue weighted by Crippen LogP contribution is 2.39. The molecule has 0 aliphatic carbocycles. The van der Waals surface area contributed by atoms with E-state index >= 15 is 0 Å². The summed E-state index contributed by atoms with van der Waals surface area (Å²) >= 11 is 0. The molecule has 5 heteroatoms. The van der Waals surface area contributed by atoms with E-state index < -0.39 is 17.6 Å². The van der Waals surface area contributed by atoms with Crippen LogP contribution in [0, 0.1) is 0 Å². The zero-order chi connectivity index (χ0) is 18.9. The highest BCUT2D eigenvalue weighted by Gasteiger charge is 2.42. The Kier molecular flexibility index (Phi) is 4.72. The first-order valence-corrected chi connectivity index (χ1v) is 8.59. The van der Waals surface area contributed by atoms with Gasteiger partial charge in [-0.2, -0.15) is 0 Å². The number of hydrogen-bond donors (Lipinski definition) is 0. The van der Waals surface area contributed by atoms with Crippen molar-refractivity contribution in [3.05, 3.63) is 59.7 Å². The number of nitrogens with zero attached hydrogens (tertiary/aromatic N) is 1. The second-order valence-corrected chi connectivity index (χ2v) is 7.32. The lowest BCUT2D eigenvalue weighted by Crippen LogP contribution is -2.39. The van der Waals surface area contributed by atoms with Gasteiger partial charge in [0.1, 0.15) is 11.4 Å². The van der Waals surface area contributed by atoms with Crippen molar-refractivity contribution in [1.82, 2.24) is 0 Å². The van der Waals surface area contributed by atoms with E-state index in [0.717, 1.165) is 21.8 Å². The van der Waals surface area contributed by atoms with Crippen LogP contribution in [0.4, 0.5) is 10.5 Å². The number of imide groups is 1. The number of para-hydroxylation sites is 1. The maximum Gasteiger partial charge on any atom is 0.421 e. The van der Waals surface area contributed by atoms with Crippen LogP contribution in [-0.2, 0) is 16.0 Å². The summed E-state index contributed by atoms with van der Waals surface area (Å²) in [6.07, 6.45) is -0.119. The molecule has 0 bridgehead atoms. The van der Waals surface area contributed by atoms with Crippen LogP contribution in [0.5, 0.6) is 5.75 Å². The van der Waals surface area contributed by atoms with E-state index in [9.17, 15) is 9.59 Å². The number of methoxy groups -OCH3 is 1. The average Bonchev–Trinajstić information content (AvgIpc) is 2.86. The molecule has 136 valence electrons. The summed E-state index contributed by atoms with van der Waals surface area (Å²) in [5, 5.41) is 0. The third-order valence-electron chi connectivity index (χ3n) is 4.25. The van der Waals surface area contributed by atoms with Gasteiger partial charge in [-0.3, -0.25) is 4.79 Å². The predicted octanol–water partition coefficient (Wildman–Crippen LogP) is 4.30. The quantitative estimate of drug-likeness (QED) is 0.825. The molecule has 1 aliphatic heterocycles. The van der Waals surface area contributed by atoms with E-state index in [1.165, 1.54) is 0 Å². The minimum atomic E-state index is -0.666. The Morgan fingerprint density at radius 2 is 1.73 bits per heavy atom. The van der Waals surface area contributed by atoms with Crippen LogP contribution in [0.2, 0.25) is 0 Å². The van der Waals surface area contributed by atoms with Crippen molar-refractivity contribution < 1.29 is 19.1 Å². The molecule has 0 saturated carbocycles. The molecule has 0 fully saturated rings. The first kappa shape index (κ1) is 18.0. The van der Waals surface area contributed by atoms with Gasteiger partial charge < -0.3 is 9.47 Å². The highest BCUT2D eigenvalue weighted by atomic mass is 16.6. The van der Waals surface area contributed by atoms with Gasteiger partial charge in [0.05, 0.1) is 18.7 Å². The summed E-state index contributed by atoms with van der Waals surface area (Å²) in [5.41, 5.74) is 1.79. The van der Waals surface area contributed by atoms with E-state index in [4.69, 9.17) is 9.47 Å². The molecule has 2 aromatic rings. The van der Waals surface area contributed by atoms with E-state index in [-0.39, 0.29) is 5.91 Å². The van der Waals surface area contributed by atoms with Crippen LogP contribution < -0.4 is 9.64 Å². The number of benzene rings is 2. The molecule has 2 aromatic carbocycles. The van der Waals surface area contributed by atoms with Crippen LogP contribution in [0.3, 0.4) is 0 Å². The molecule has 5 nitrogen and oxygen atoms in total. The number of amides is 2. The van der Waals surface area contributed by atoms with Crippen LogP contribution in [0.1, 0.15) is 37.8 Å². The smallest absolute Gasteiger partial charge is 0.421 e. The van der Waals surface area contributed by atoms with E-state index in [1.807, 2.05) is 42.5 Å². The Balaban J connectivity index is 1.89. The second-order valence-electron chi connectivity index (χ2n) is 7.32. The zero-order valence-electron chi connectivity index (χ0n) is 15.5. The molecule has 3 rings (SSSR count). The standard InChI is InChI=1S/C21H23NO4/c1-21(2,3)26-20(24)22-18-8-6-5-7-16(18)17(19(22)23)13-14-9-11-15(25-4)12-10-14/h5-12,17H,13H2,1-4H3. The van der Waals surface area contributed by atoms with Gasteiger partial charge in [0.2, 0.25) is 5.91 Å². The van der Waals surface area contributed by atoms with E-state index in [0.29, 0.717) is 12.1 Å². The fourth-order valence-corrected chi connectivity index (χ4v) is 3.08. The van der Waals surface area contributed by atoms with Gasteiger partial charge >= 0.3 is 6.09 Å². The number of hydrogen-bond acceptors (Lipinski definition) is 4. The Hall–Kier alpha value is -2.82. The number of ether oxygens (including phenoxy) is 2. The Morgan fingerprint density at radius 3 is 2.35 bits per heavy atom. The minimum Gasteiger partial charge on any atom is -0.497 e. The summed E-state index contributed by atoms with van der Waals surface area (Å²) in [4.78, 5) is 26.8. The minimum absolute atomic E-state index is 0.253. The lowest BCUT2D eigenvalue weighted by molar-refractivity contribution is -0.119. The number of carbonyl (C=O) groups excluding carboxylic acids is 2. The number of rotatable bonds is 3. The summed E-state index contributed by atoms with van der Waals surface area (Å²) < 4.78 is 10.6. The maximum atomic E-state index is 13.0.